The first kappa shape index (κ1) is 14.0. The average Bonchev–Trinajstić information content (AvgIpc) is 2.68. The van der Waals surface area contributed by atoms with E-state index in [-0.39, 0.29) is 5.91 Å². The van der Waals surface area contributed by atoms with Crippen LogP contribution in [0.4, 0.5) is 0 Å². The van der Waals surface area contributed by atoms with E-state index in [1.165, 1.54) is 17.8 Å². The molecule has 2 nitrogen and oxygen atoms in total. The highest BCUT2D eigenvalue weighted by Crippen LogP contribution is 2.34. The molecule has 0 aliphatic carbocycles. The number of thiophene rings is 1. The van der Waals surface area contributed by atoms with Gasteiger partial charge in [0.2, 0.25) is 0 Å². The quantitative estimate of drug-likeness (QED) is 0.606. The summed E-state index contributed by atoms with van der Waals surface area (Å²) in [5, 5.41) is 0.868. The third-order valence-corrected chi connectivity index (χ3v) is 6.91. The number of alkyl halides is 1. The Morgan fingerprint density at radius 1 is 1.47 bits per heavy atom. The molecule has 2 heterocycles. The predicted molar refractivity (Wildman–Crippen MR) is 82.2 cm³/mol. The lowest BCUT2D eigenvalue weighted by Crippen LogP contribution is -2.44. The van der Waals surface area contributed by atoms with Gasteiger partial charge < -0.3 is 4.90 Å². The maximum absolute atomic E-state index is 12.4. The minimum Gasteiger partial charge on any atom is -0.334 e. The second kappa shape index (κ2) is 6.17. The highest BCUT2D eigenvalue weighted by Gasteiger charge is 2.27. The van der Waals surface area contributed by atoms with Crippen molar-refractivity contribution in [2.75, 3.05) is 11.9 Å². The topological polar surface area (TPSA) is 20.3 Å². The average molecular weight is 446 g/mol. The predicted octanol–water partition coefficient (Wildman–Crippen LogP) is 4.66. The minimum absolute atomic E-state index is 0.158. The number of rotatable bonds is 2. The van der Waals surface area contributed by atoms with E-state index in [4.69, 9.17) is 0 Å². The van der Waals surface area contributed by atoms with Crippen molar-refractivity contribution in [2.24, 2.45) is 0 Å². The summed E-state index contributed by atoms with van der Waals surface area (Å²) >= 11 is 11.9. The number of hydrogen-bond acceptors (Lipinski definition) is 2. The van der Waals surface area contributed by atoms with Crippen LogP contribution in [0.2, 0.25) is 0 Å². The summed E-state index contributed by atoms with van der Waals surface area (Å²) in [4.78, 5) is 15.2. The molecular weight excluding hydrogens is 434 g/mol. The van der Waals surface area contributed by atoms with Crippen LogP contribution < -0.4 is 0 Å². The standard InChI is InChI=1S/C11H12Br3NOS/c12-6-7-3-1-2-4-15(7)11(16)9-5-8(13)10(14)17-9/h5,7H,1-4,6H2. The summed E-state index contributed by atoms with van der Waals surface area (Å²) in [6.45, 7) is 0.877. The molecule has 0 spiro atoms. The van der Waals surface area contributed by atoms with Crippen molar-refractivity contribution in [3.8, 4) is 0 Å². The number of piperidine rings is 1. The number of likely N-dealkylation sites (tertiary alicyclic amines) is 1. The molecule has 17 heavy (non-hydrogen) atoms. The molecule has 0 aromatic carbocycles. The highest BCUT2D eigenvalue weighted by molar-refractivity contribution is 9.13. The Morgan fingerprint density at radius 3 is 2.82 bits per heavy atom. The Hall–Kier alpha value is 0.610. The Labute approximate surface area is 130 Å². The van der Waals surface area contributed by atoms with Gasteiger partial charge in [0, 0.05) is 22.4 Å². The number of carbonyl (C=O) groups excluding carboxylic acids is 1. The van der Waals surface area contributed by atoms with Gasteiger partial charge in [-0.3, -0.25) is 4.79 Å². The van der Waals surface area contributed by atoms with Gasteiger partial charge in [-0.25, -0.2) is 0 Å². The van der Waals surface area contributed by atoms with Gasteiger partial charge in [-0.05, 0) is 57.2 Å². The molecule has 0 saturated carbocycles. The van der Waals surface area contributed by atoms with E-state index in [9.17, 15) is 4.79 Å². The molecule has 1 aliphatic rings. The fourth-order valence-corrected chi connectivity index (χ4v) is 4.69. The Bertz CT molecular complexity index is 401. The molecule has 1 aromatic rings. The molecule has 1 saturated heterocycles. The lowest BCUT2D eigenvalue weighted by molar-refractivity contribution is 0.0647. The van der Waals surface area contributed by atoms with E-state index in [0.717, 1.165) is 37.9 Å². The second-order valence-corrected chi connectivity index (χ2v) is 7.91. The second-order valence-electron chi connectivity index (χ2n) is 4.03. The lowest BCUT2D eigenvalue weighted by atomic mass is 10.0. The van der Waals surface area contributed by atoms with Gasteiger partial charge >= 0.3 is 0 Å². The summed E-state index contributed by atoms with van der Waals surface area (Å²) in [6.07, 6.45) is 3.44. The SMILES string of the molecule is O=C(c1cc(Br)c(Br)s1)N1CCCCC1CBr. The molecule has 94 valence electrons. The maximum atomic E-state index is 12.4. The Balaban J connectivity index is 2.18. The molecule has 6 heteroatoms. The Kier molecular flexibility index (Phi) is 5.09. The first-order valence-electron chi connectivity index (χ1n) is 5.45. The summed E-state index contributed by atoms with van der Waals surface area (Å²) < 4.78 is 1.94. The van der Waals surface area contributed by atoms with Crippen molar-refractivity contribution in [3.05, 3.63) is 19.2 Å². The van der Waals surface area contributed by atoms with E-state index in [1.807, 2.05) is 11.0 Å². The zero-order valence-corrected chi connectivity index (χ0v) is 14.7. The van der Waals surface area contributed by atoms with Gasteiger partial charge in [0.1, 0.15) is 0 Å². The van der Waals surface area contributed by atoms with Crippen molar-refractivity contribution in [1.82, 2.24) is 4.90 Å². The Morgan fingerprint density at radius 2 is 2.24 bits per heavy atom. The molecule has 2 rings (SSSR count). The van der Waals surface area contributed by atoms with E-state index in [0.29, 0.717) is 6.04 Å². The van der Waals surface area contributed by atoms with Crippen LogP contribution in [-0.4, -0.2) is 28.7 Å². The number of hydrogen-bond donors (Lipinski definition) is 0. The van der Waals surface area contributed by atoms with E-state index in [2.05, 4.69) is 47.8 Å². The first-order valence-corrected chi connectivity index (χ1v) is 8.97. The van der Waals surface area contributed by atoms with Gasteiger partial charge in [0.05, 0.1) is 8.66 Å². The van der Waals surface area contributed by atoms with Crippen molar-refractivity contribution in [1.29, 1.82) is 0 Å². The number of halogens is 3. The number of nitrogens with zero attached hydrogens (tertiary/aromatic N) is 1. The van der Waals surface area contributed by atoms with E-state index < -0.39 is 0 Å². The maximum Gasteiger partial charge on any atom is 0.264 e. The smallest absolute Gasteiger partial charge is 0.264 e. The summed E-state index contributed by atoms with van der Waals surface area (Å²) in [6, 6.07) is 2.24. The van der Waals surface area contributed by atoms with Crippen LogP contribution in [0, 0.1) is 0 Å². The molecule has 1 atom stereocenters. The van der Waals surface area contributed by atoms with Gasteiger partial charge in [-0.1, -0.05) is 15.9 Å². The monoisotopic (exact) mass is 443 g/mol. The molecule has 0 N–H and O–H groups in total. The summed E-state index contributed by atoms with van der Waals surface area (Å²) in [5.41, 5.74) is 0. The van der Waals surface area contributed by atoms with Crippen LogP contribution in [0.15, 0.2) is 14.3 Å². The van der Waals surface area contributed by atoms with Crippen LogP contribution in [-0.2, 0) is 0 Å². The van der Waals surface area contributed by atoms with Gasteiger partial charge in [0.15, 0.2) is 0 Å². The molecule has 1 aliphatic heterocycles. The molecule has 1 fully saturated rings. The van der Waals surface area contributed by atoms with Crippen LogP contribution >= 0.6 is 59.1 Å². The number of carbonyl (C=O) groups is 1. The molecule has 1 unspecified atom stereocenters. The third-order valence-electron chi connectivity index (χ3n) is 2.92. The van der Waals surface area contributed by atoms with Crippen LogP contribution in [0.1, 0.15) is 28.9 Å². The van der Waals surface area contributed by atoms with E-state index >= 15 is 0 Å². The highest BCUT2D eigenvalue weighted by atomic mass is 79.9. The fourth-order valence-electron chi connectivity index (χ4n) is 2.02. The van der Waals surface area contributed by atoms with E-state index in [1.54, 1.807) is 0 Å². The summed E-state index contributed by atoms with van der Waals surface area (Å²) in [5.74, 6) is 0.158. The van der Waals surface area contributed by atoms with Crippen molar-refractivity contribution in [2.45, 2.75) is 25.3 Å². The van der Waals surface area contributed by atoms with Crippen LogP contribution in [0.5, 0.6) is 0 Å². The molecule has 1 aromatic heterocycles. The molecule has 0 radical (unpaired) electrons. The van der Waals surface area contributed by atoms with Crippen molar-refractivity contribution < 1.29 is 4.79 Å². The van der Waals surface area contributed by atoms with Crippen LogP contribution in [0.25, 0.3) is 0 Å². The fraction of sp³-hybridized carbons (Fsp3) is 0.545. The third kappa shape index (κ3) is 3.14. The van der Waals surface area contributed by atoms with Crippen molar-refractivity contribution >= 4 is 65.0 Å². The van der Waals surface area contributed by atoms with Gasteiger partial charge in [-0.15, -0.1) is 11.3 Å². The molecule has 0 bridgehead atoms. The van der Waals surface area contributed by atoms with Gasteiger partial charge in [-0.2, -0.15) is 0 Å². The largest absolute Gasteiger partial charge is 0.334 e. The summed E-state index contributed by atoms with van der Waals surface area (Å²) in [7, 11) is 0. The first-order chi connectivity index (χ1) is 8.13. The zero-order valence-electron chi connectivity index (χ0n) is 9.09. The molecule has 1 amide bonds. The lowest BCUT2D eigenvalue weighted by Gasteiger charge is -2.34. The van der Waals surface area contributed by atoms with Gasteiger partial charge in [0.25, 0.3) is 5.91 Å². The molecular formula is C11H12Br3NOS. The minimum atomic E-state index is 0.158. The van der Waals surface area contributed by atoms with Crippen LogP contribution in [0.3, 0.4) is 0 Å². The normalized spacial score (nSPS) is 20.6. The zero-order chi connectivity index (χ0) is 12.4. The van der Waals surface area contributed by atoms with Crippen molar-refractivity contribution in [3.63, 3.8) is 0 Å². The number of amides is 1.